The largest absolute Gasteiger partial charge is 0.482 e. The number of amides is 2. The Morgan fingerprint density at radius 1 is 0.971 bits per heavy atom. The van der Waals surface area contributed by atoms with Crippen LogP contribution < -0.4 is 10.1 Å². The van der Waals surface area contributed by atoms with Crippen molar-refractivity contribution in [3.05, 3.63) is 88.9 Å². The first kappa shape index (κ1) is 24.8. The summed E-state index contributed by atoms with van der Waals surface area (Å²) in [5.74, 6) is 0.187. The summed E-state index contributed by atoms with van der Waals surface area (Å²) in [4.78, 5) is 26.9. The molecule has 6 nitrogen and oxygen atoms in total. The normalized spacial score (nSPS) is 17.6. The highest BCUT2D eigenvalue weighted by atomic mass is 35.5. The Morgan fingerprint density at radius 3 is 2.31 bits per heavy atom. The van der Waals surface area contributed by atoms with Crippen LogP contribution in [0.2, 0.25) is 5.02 Å². The van der Waals surface area contributed by atoms with Gasteiger partial charge < -0.3 is 19.7 Å². The molecule has 0 radical (unpaired) electrons. The Bertz CT molecular complexity index is 1160. The molecule has 2 unspecified atom stereocenters. The first-order valence-electron chi connectivity index (χ1n) is 11.7. The summed E-state index contributed by atoms with van der Waals surface area (Å²) in [5, 5.41) is 3.28. The predicted molar refractivity (Wildman–Crippen MR) is 137 cm³/mol. The van der Waals surface area contributed by atoms with Crippen molar-refractivity contribution < 1.29 is 19.1 Å². The Kier molecular flexibility index (Phi) is 8.06. The zero-order chi connectivity index (χ0) is 24.8. The first-order chi connectivity index (χ1) is 16.9. The summed E-state index contributed by atoms with van der Waals surface area (Å²) in [7, 11) is 0. The minimum Gasteiger partial charge on any atom is -0.482 e. The maximum atomic E-state index is 12.8. The van der Waals surface area contributed by atoms with Crippen molar-refractivity contribution in [1.29, 1.82) is 0 Å². The molecule has 1 aliphatic rings. The van der Waals surface area contributed by atoms with Gasteiger partial charge in [-0.05, 0) is 54.8 Å². The van der Waals surface area contributed by atoms with Crippen LogP contribution in [0, 0.1) is 0 Å². The van der Waals surface area contributed by atoms with E-state index in [1.807, 2.05) is 73.3 Å². The number of nitrogens with one attached hydrogen (secondary N) is 1. The highest BCUT2D eigenvalue weighted by Gasteiger charge is 2.26. The molecule has 3 aromatic carbocycles. The fourth-order valence-corrected chi connectivity index (χ4v) is 4.35. The average Bonchev–Trinajstić information content (AvgIpc) is 2.86. The second-order valence-electron chi connectivity index (χ2n) is 8.74. The molecule has 0 aromatic heterocycles. The van der Waals surface area contributed by atoms with Crippen LogP contribution >= 0.6 is 11.6 Å². The number of carbonyl (C=O) groups is 2. The lowest BCUT2D eigenvalue weighted by Crippen LogP contribution is -2.48. The van der Waals surface area contributed by atoms with Gasteiger partial charge in [0.15, 0.2) is 6.61 Å². The fourth-order valence-electron chi connectivity index (χ4n) is 4.11. The van der Waals surface area contributed by atoms with Gasteiger partial charge in [0.05, 0.1) is 17.2 Å². The van der Waals surface area contributed by atoms with Crippen molar-refractivity contribution >= 4 is 23.4 Å². The van der Waals surface area contributed by atoms with Crippen molar-refractivity contribution in [1.82, 2.24) is 10.2 Å². The van der Waals surface area contributed by atoms with E-state index in [1.54, 1.807) is 18.2 Å². The van der Waals surface area contributed by atoms with Gasteiger partial charge in [-0.3, -0.25) is 9.59 Å². The molecule has 2 atom stereocenters. The van der Waals surface area contributed by atoms with Crippen LogP contribution in [0.5, 0.6) is 5.75 Å². The smallest absolute Gasteiger partial charge is 0.258 e. The zero-order valence-corrected chi connectivity index (χ0v) is 20.6. The third-order valence-corrected chi connectivity index (χ3v) is 6.09. The van der Waals surface area contributed by atoms with E-state index in [1.165, 1.54) is 0 Å². The van der Waals surface area contributed by atoms with Gasteiger partial charge >= 0.3 is 0 Å². The SMILES string of the molecule is CC1CN(C(=O)c2ccc(CNC(=O)COc3ccc(-c4ccccc4)cc3Cl)cc2)CC(C)O1. The molecule has 1 fully saturated rings. The Labute approximate surface area is 210 Å². The molecule has 0 bridgehead atoms. The van der Waals surface area contributed by atoms with Gasteiger partial charge in [0.25, 0.3) is 11.8 Å². The summed E-state index contributed by atoms with van der Waals surface area (Å²) >= 11 is 6.35. The maximum Gasteiger partial charge on any atom is 0.258 e. The van der Waals surface area contributed by atoms with E-state index < -0.39 is 0 Å². The number of morpholine rings is 1. The van der Waals surface area contributed by atoms with Gasteiger partial charge in [0.2, 0.25) is 0 Å². The number of benzene rings is 3. The molecule has 0 aliphatic carbocycles. The Balaban J connectivity index is 1.26. The van der Waals surface area contributed by atoms with Crippen molar-refractivity contribution in [2.24, 2.45) is 0 Å². The van der Waals surface area contributed by atoms with Crippen LogP contribution in [-0.4, -0.2) is 48.6 Å². The quantitative estimate of drug-likeness (QED) is 0.506. The third kappa shape index (κ3) is 6.62. The summed E-state index contributed by atoms with van der Waals surface area (Å²) in [6.07, 6.45) is 0.0483. The highest BCUT2D eigenvalue weighted by molar-refractivity contribution is 6.32. The van der Waals surface area contributed by atoms with Crippen LogP contribution in [0.1, 0.15) is 29.8 Å². The first-order valence-corrected chi connectivity index (χ1v) is 12.0. The van der Waals surface area contributed by atoms with Gasteiger partial charge in [-0.2, -0.15) is 0 Å². The number of ether oxygens (including phenoxy) is 2. The minimum absolute atomic E-state index is 0.00820. The Morgan fingerprint density at radius 2 is 1.66 bits per heavy atom. The van der Waals surface area contributed by atoms with E-state index in [9.17, 15) is 9.59 Å². The van der Waals surface area contributed by atoms with Crippen LogP contribution in [-0.2, 0) is 16.1 Å². The topological polar surface area (TPSA) is 67.9 Å². The molecule has 1 N–H and O–H groups in total. The second-order valence-corrected chi connectivity index (χ2v) is 9.15. The maximum absolute atomic E-state index is 12.8. The van der Waals surface area contributed by atoms with Crippen molar-refractivity contribution in [2.75, 3.05) is 19.7 Å². The highest BCUT2D eigenvalue weighted by Crippen LogP contribution is 2.30. The van der Waals surface area contributed by atoms with E-state index >= 15 is 0 Å². The molecule has 1 heterocycles. The van der Waals surface area contributed by atoms with Crippen LogP contribution in [0.3, 0.4) is 0 Å². The summed E-state index contributed by atoms with van der Waals surface area (Å²) in [6.45, 7) is 5.30. The standard InChI is InChI=1S/C28H29ClN2O4/c1-19-16-31(17-20(2)35-19)28(33)23-10-8-21(9-11-23)15-30-27(32)18-34-26-13-12-24(14-25(26)29)22-6-4-3-5-7-22/h3-14,19-20H,15-18H2,1-2H3,(H,30,32). The van der Waals surface area contributed by atoms with Gasteiger partial charge in [0.1, 0.15) is 5.75 Å². The molecule has 0 spiro atoms. The lowest BCUT2D eigenvalue weighted by molar-refractivity contribution is -0.123. The fraction of sp³-hybridized carbons (Fsp3) is 0.286. The summed E-state index contributed by atoms with van der Waals surface area (Å²) in [6, 6.07) is 22.7. The van der Waals surface area contributed by atoms with E-state index in [2.05, 4.69) is 5.32 Å². The number of hydrogen-bond donors (Lipinski definition) is 1. The summed E-state index contributed by atoms with van der Waals surface area (Å²) in [5.41, 5.74) is 3.55. The number of rotatable bonds is 7. The van der Waals surface area contributed by atoms with E-state index in [0.29, 0.717) is 36.0 Å². The van der Waals surface area contributed by atoms with E-state index in [0.717, 1.165) is 16.7 Å². The molecule has 35 heavy (non-hydrogen) atoms. The molecular formula is C28H29ClN2O4. The van der Waals surface area contributed by atoms with Gasteiger partial charge in [-0.1, -0.05) is 60.1 Å². The molecule has 1 aliphatic heterocycles. The van der Waals surface area contributed by atoms with Crippen molar-refractivity contribution in [3.63, 3.8) is 0 Å². The van der Waals surface area contributed by atoms with Crippen molar-refractivity contribution in [3.8, 4) is 16.9 Å². The number of carbonyl (C=O) groups excluding carboxylic acids is 2. The molecule has 182 valence electrons. The molecule has 3 aromatic rings. The molecule has 4 rings (SSSR count). The predicted octanol–water partition coefficient (Wildman–Crippen LogP) is 4.95. The van der Waals surface area contributed by atoms with Crippen LogP contribution in [0.25, 0.3) is 11.1 Å². The Hall–Kier alpha value is -3.35. The lowest BCUT2D eigenvalue weighted by atomic mass is 10.1. The lowest BCUT2D eigenvalue weighted by Gasteiger charge is -2.35. The van der Waals surface area contributed by atoms with E-state index in [-0.39, 0.29) is 30.6 Å². The number of halogens is 1. The molecule has 2 amide bonds. The van der Waals surface area contributed by atoms with Crippen LogP contribution in [0.15, 0.2) is 72.8 Å². The van der Waals surface area contributed by atoms with Gasteiger partial charge in [-0.25, -0.2) is 0 Å². The molecular weight excluding hydrogens is 464 g/mol. The number of hydrogen-bond acceptors (Lipinski definition) is 4. The zero-order valence-electron chi connectivity index (χ0n) is 19.9. The summed E-state index contributed by atoms with van der Waals surface area (Å²) < 4.78 is 11.3. The van der Waals surface area contributed by atoms with Crippen molar-refractivity contribution in [2.45, 2.75) is 32.6 Å². The molecule has 7 heteroatoms. The average molecular weight is 493 g/mol. The molecule has 1 saturated heterocycles. The monoisotopic (exact) mass is 492 g/mol. The van der Waals surface area contributed by atoms with Gasteiger partial charge in [0, 0.05) is 25.2 Å². The van der Waals surface area contributed by atoms with E-state index in [4.69, 9.17) is 21.1 Å². The molecule has 0 saturated carbocycles. The third-order valence-electron chi connectivity index (χ3n) is 5.80. The van der Waals surface area contributed by atoms with Crippen LogP contribution in [0.4, 0.5) is 0 Å². The van der Waals surface area contributed by atoms with Gasteiger partial charge in [-0.15, -0.1) is 0 Å². The number of nitrogens with zero attached hydrogens (tertiary/aromatic N) is 1. The minimum atomic E-state index is -0.260. The second kappa shape index (κ2) is 11.4.